The summed E-state index contributed by atoms with van der Waals surface area (Å²) in [4.78, 5) is 24.7. The fraction of sp³-hybridized carbons (Fsp3) is 0.833. The number of aliphatic hydroxyl groups excluding tert-OH is 1. The predicted octanol–water partition coefficient (Wildman–Crippen LogP) is -0.394. The van der Waals surface area contributed by atoms with Crippen LogP contribution in [0.15, 0.2) is 0 Å². The van der Waals surface area contributed by atoms with Crippen LogP contribution in [0, 0.1) is 0 Å². The zero-order valence-corrected chi connectivity index (χ0v) is 11.3. The van der Waals surface area contributed by atoms with Crippen molar-refractivity contribution >= 4 is 12.0 Å². The first-order valence-electron chi connectivity index (χ1n) is 6.66. The highest BCUT2D eigenvalue weighted by Crippen LogP contribution is 2.10. The van der Waals surface area contributed by atoms with Crippen molar-refractivity contribution in [2.75, 3.05) is 26.2 Å². The van der Waals surface area contributed by atoms with E-state index in [2.05, 4.69) is 15.5 Å². The summed E-state index contributed by atoms with van der Waals surface area (Å²) in [5.41, 5.74) is 0. The van der Waals surface area contributed by atoms with E-state index in [4.69, 9.17) is 10.2 Å². The highest BCUT2D eigenvalue weighted by Gasteiger charge is 2.21. The van der Waals surface area contributed by atoms with Crippen LogP contribution in [0.2, 0.25) is 0 Å². The second kappa shape index (κ2) is 7.96. The van der Waals surface area contributed by atoms with Crippen LogP contribution in [0.4, 0.5) is 4.79 Å². The van der Waals surface area contributed by atoms with E-state index in [-0.39, 0.29) is 19.1 Å². The minimum Gasteiger partial charge on any atom is -0.480 e. The summed E-state index contributed by atoms with van der Waals surface area (Å²) in [7, 11) is 0. The van der Waals surface area contributed by atoms with Crippen LogP contribution in [-0.4, -0.2) is 65.4 Å². The van der Waals surface area contributed by atoms with Crippen molar-refractivity contribution in [2.45, 2.75) is 38.3 Å². The topological polar surface area (TPSA) is 102 Å². The average molecular weight is 273 g/mol. The quantitative estimate of drug-likeness (QED) is 0.506. The number of likely N-dealkylation sites (tertiary alicyclic amines) is 1. The number of nitrogens with zero attached hydrogens (tertiary/aromatic N) is 1. The molecular formula is C12H23N3O4. The fourth-order valence-corrected chi connectivity index (χ4v) is 2.15. The Morgan fingerprint density at radius 3 is 2.47 bits per heavy atom. The van der Waals surface area contributed by atoms with Crippen molar-refractivity contribution in [3.63, 3.8) is 0 Å². The molecule has 0 saturated carbocycles. The smallest absolute Gasteiger partial charge is 0.326 e. The number of carboxylic acid groups (broad SMARTS) is 1. The molecule has 0 aliphatic carbocycles. The molecule has 1 unspecified atom stereocenters. The largest absolute Gasteiger partial charge is 0.480 e. The highest BCUT2D eigenvalue weighted by atomic mass is 16.4. The van der Waals surface area contributed by atoms with E-state index >= 15 is 0 Å². The molecule has 4 N–H and O–H groups in total. The summed E-state index contributed by atoms with van der Waals surface area (Å²) >= 11 is 0. The monoisotopic (exact) mass is 273 g/mol. The summed E-state index contributed by atoms with van der Waals surface area (Å²) in [6.45, 7) is 4.34. The van der Waals surface area contributed by atoms with E-state index in [1.54, 1.807) is 0 Å². The third-order valence-corrected chi connectivity index (χ3v) is 3.34. The normalized spacial score (nSPS) is 18.8. The molecular weight excluding hydrogens is 250 g/mol. The Morgan fingerprint density at radius 2 is 1.95 bits per heavy atom. The van der Waals surface area contributed by atoms with Crippen LogP contribution in [-0.2, 0) is 4.79 Å². The molecule has 1 rings (SSSR count). The van der Waals surface area contributed by atoms with Gasteiger partial charge in [-0.3, -0.25) is 4.90 Å². The number of carbonyl (C=O) groups is 2. The summed E-state index contributed by atoms with van der Waals surface area (Å²) < 4.78 is 0. The van der Waals surface area contributed by atoms with Crippen molar-refractivity contribution in [1.29, 1.82) is 0 Å². The van der Waals surface area contributed by atoms with E-state index in [0.717, 1.165) is 13.1 Å². The van der Waals surface area contributed by atoms with E-state index in [0.29, 0.717) is 6.54 Å². The van der Waals surface area contributed by atoms with Crippen LogP contribution < -0.4 is 10.6 Å². The molecule has 1 saturated heterocycles. The van der Waals surface area contributed by atoms with Gasteiger partial charge in [-0.2, -0.15) is 0 Å². The van der Waals surface area contributed by atoms with Gasteiger partial charge in [0.15, 0.2) is 0 Å². The molecule has 0 aromatic heterocycles. The zero-order chi connectivity index (χ0) is 14.3. The van der Waals surface area contributed by atoms with E-state index in [1.807, 2.05) is 6.92 Å². The number of hydrogen-bond acceptors (Lipinski definition) is 4. The lowest BCUT2D eigenvalue weighted by Gasteiger charge is -2.24. The molecule has 1 aliphatic rings. The third kappa shape index (κ3) is 5.44. The Bertz CT molecular complexity index is 305. The number of aliphatic hydroxyl groups is 1. The van der Waals surface area contributed by atoms with Gasteiger partial charge < -0.3 is 20.8 Å². The Labute approximate surface area is 113 Å². The van der Waals surface area contributed by atoms with Gasteiger partial charge in [0.25, 0.3) is 0 Å². The highest BCUT2D eigenvalue weighted by molar-refractivity contribution is 5.82. The lowest BCUT2D eigenvalue weighted by Crippen LogP contribution is -2.49. The van der Waals surface area contributed by atoms with Crippen molar-refractivity contribution in [3.8, 4) is 0 Å². The van der Waals surface area contributed by atoms with Gasteiger partial charge in [0.1, 0.15) is 6.04 Å². The van der Waals surface area contributed by atoms with Crippen molar-refractivity contribution < 1.29 is 19.8 Å². The maximum atomic E-state index is 11.6. The van der Waals surface area contributed by atoms with Crippen LogP contribution in [0.5, 0.6) is 0 Å². The van der Waals surface area contributed by atoms with E-state index in [9.17, 15) is 9.59 Å². The first-order valence-corrected chi connectivity index (χ1v) is 6.66. The maximum absolute atomic E-state index is 11.6. The second-order valence-corrected chi connectivity index (χ2v) is 4.85. The summed E-state index contributed by atoms with van der Waals surface area (Å²) in [6.07, 6.45) is 2.38. The molecule has 0 aromatic carbocycles. The minimum atomic E-state index is -1.14. The molecule has 7 heteroatoms. The van der Waals surface area contributed by atoms with Gasteiger partial charge in [-0.1, -0.05) is 0 Å². The van der Waals surface area contributed by atoms with Gasteiger partial charge in [-0.25, -0.2) is 9.59 Å². The van der Waals surface area contributed by atoms with Crippen molar-refractivity contribution in [2.24, 2.45) is 0 Å². The van der Waals surface area contributed by atoms with Crippen LogP contribution in [0.25, 0.3) is 0 Å². The number of amides is 2. The molecule has 1 aliphatic heterocycles. The van der Waals surface area contributed by atoms with Gasteiger partial charge in [0.2, 0.25) is 0 Å². The van der Waals surface area contributed by atoms with Crippen LogP contribution in [0.1, 0.15) is 26.2 Å². The van der Waals surface area contributed by atoms with E-state index < -0.39 is 18.0 Å². The molecule has 1 fully saturated rings. The number of nitrogens with one attached hydrogen (secondary N) is 2. The molecule has 110 valence electrons. The van der Waals surface area contributed by atoms with Gasteiger partial charge >= 0.3 is 12.0 Å². The molecule has 0 spiro atoms. The minimum absolute atomic E-state index is 0.00440. The molecule has 2 atom stereocenters. The summed E-state index contributed by atoms with van der Waals surface area (Å²) in [6, 6.07) is -1.31. The summed E-state index contributed by atoms with van der Waals surface area (Å²) in [5.74, 6) is -1.14. The first-order chi connectivity index (χ1) is 9.04. The van der Waals surface area contributed by atoms with E-state index in [1.165, 1.54) is 12.8 Å². The lowest BCUT2D eigenvalue weighted by atomic mass is 10.2. The molecule has 0 bridgehead atoms. The lowest BCUT2D eigenvalue weighted by molar-refractivity contribution is -0.139. The number of urea groups is 1. The molecule has 0 radical (unpaired) electrons. The Hall–Kier alpha value is -1.34. The number of aliphatic carboxylic acids is 1. The van der Waals surface area contributed by atoms with Gasteiger partial charge in [-0.05, 0) is 32.9 Å². The third-order valence-electron chi connectivity index (χ3n) is 3.34. The average Bonchev–Trinajstić information content (AvgIpc) is 2.89. The molecule has 0 aromatic rings. The predicted molar refractivity (Wildman–Crippen MR) is 69.9 cm³/mol. The fourth-order valence-electron chi connectivity index (χ4n) is 2.15. The molecule has 7 nitrogen and oxygen atoms in total. The van der Waals surface area contributed by atoms with Gasteiger partial charge in [0.05, 0.1) is 0 Å². The van der Waals surface area contributed by atoms with Gasteiger partial charge in [0, 0.05) is 25.6 Å². The molecule has 19 heavy (non-hydrogen) atoms. The Balaban J connectivity index is 2.27. The maximum Gasteiger partial charge on any atom is 0.326 e. The van der Waals surface area contributed by atoms with Crippen LogP contribution >= 0.6 is 0 Å². The molecule has 1 heterocycles. The second-order valence-electron chi connectivity index (χ2n) is 4.85. The number of rotatable bonds is 7. The summed E-state index contributed by atoms with van der Waals surface area (Å²) in [5, 5.41) is 22.6. The standard InChI is InChI=1S/C12H23N3O4/c1-9(15-5-2-3-6-15)8-13-12(19)14-10(4-7-16)11(17)18/h9-10,16H,2-8H2,1H3,(H,17,18)(H2,13,14,19)/t9?,10-/m0/s1. The Morgan fingerprint density at radius 1 is 1.32 bits per heavy atom. The van der Waals surface area contributed by atoms with Crippen molar-refractivity contribution in [1.82, 2.24) is 15.5 Å². The number of hydrogen-bond donors (Lipinski definition) is 4. The number of carbonyl (C=O) groups excluding carboxylic acids is 1. The number of carboxylic acids is 1. The van der Waals surface area contributed by atoms with Gasteiger partial charge in [-0.15, -0.1) is 0 Å². The zero-order valence-electron chi connectivity index (χ0n) is 11.3. The van der Waals surface area contributed by atoms with Crippen molar-refractivity contribution in [3.05, 3.63) is 0 Å². The SMILES string of the molecule is CC(CNC(=O)N[C@@H](CCO)C(=O)O)N1CCCC1. The Kier molecular flexibility index (Phi) is 6.58. The molecule has 2 amide bonds. The first kappa shape index (κ1) is 15.7. The van der Waals surface area contributed by atoms with Crippen LogP contribution in [0.3, 0.4) is 0 Å².